The molecule has 10 aromatic rings. The second-order valence-electron chi connectivity index (χ2n) is 29.2. The van der Waals surface area contributed by atoms with Gasteiger partial charge in [0.25, 0.3) is 0 Å². The molecule has 11 rings (SSSR count). The van der Waals surface area contributed by atoms with Crippen molar-refractivity contribution in [3.63, 3.8) is 0 Å². The first kappa shape index (κ1) is 94.7. The third kappa shape index (κ3) is 27.9. The number of ether oxygens (including phenoxy) is 5. The molecule has 1 saturated carbocycles. The molecule has 20 nitrogen and oxygen atoms in total. The van der Waals surface area contributed by atoms with Crippen LogP contribution in [0.4, 0.5) is 28.4 Å². The summed E-state index contributed by atoms with van der Waals surface area (Å²) in [6.45, 7) is 34.2. The Labute approximate surface area is 717 Å². The molecule has 0 spiro atoms. The number of hydroxylamine groups is 5. The van der Waals surface area contributed by atoms with Crippen LogP contribution in [0.5, 0.6) is 28.7 Å². The third-order valence-corrected chi connectivity index (χ3v) is 20.6. The molecule has 10 aromatic carbocycles. The molecule has 0 atom stereocenters. The number of amides is 5. The highest BCUT2D eigenvalue weighted by Gasteiger charge is 2.27. The number of rotatable bonds is 27. The number of carbonyl (C=O) groups excluding carboxylic acids is 5. The van der Waals surface area contributed by atoms with Crippen molar-refractivity contribution >= 4 is 96.5 Å². The quantitative estimate of drug-likeness (QED) is 0.0182. The average Bonchev–Trinajstić information content (AvgIpc) is 1.58. The zero-order valence-corrected chi connectivity index (χ0v) is 74.6. The van der Waals surface area contributed by atoms with Gasteiger partial charge in [0.05, 0.1) is 28.4 Å². The first-order chi connectivity index (χ1) is 56.2. The maximum Gasteiger partial charge on any atom is 0.250 e. The van der Waals surface area contributed by atoms with Crippen molar-refractivity contribution in [3.8, 4) is 28.7 Å². The van der Waals surface area contributed by atoms with Crippen LogP contribution in [-0.2, 0) is 63.4 Å². The van der Waals surface area contributed by atoms with Crippen LogP contribution in [0.2, 0.25) is 0 Å². The summed E-state index contributed by atoms with van der Waals surface area (Å²) in [5.74, 6) is 2.89. The highest BCUT2D eigenvalue weighted by molar-refractivity contribution is 14.1. The summed E-state index contributed by atoms with van der Waals surface area (Å²) < 4.78 is 31.4. The summed E-state index contributed by atoms with van der Waals surface area (Å²) in [7, 11) is 0. The van der Waals surface area contributed by atoms with E-state index in [-0.39, 0.29) is 81.5 Å². The number of halogens is 2. The van der Waals surface area contributed by atoms with Gasteiger partial charge in [0.2, 0.25) is 29.5 Å². The van der Waals surface area contributed by atoms with Gasteiger partial charge in [-0.25, -0.2) is 0 Å². The number of anilines is 5. The molecular weight excluding hydrogens is 1670 g/mol. The van der Waals surface area contributed by atoms with Gasteiger partial charge in [0, 0.05) is 68.0 Å². The Balaban J connectivity index is 0.000000204. The van der Waals surface area contributed by atoms with Gasteiger partial charge < -0.3 is 23.7 Å². The van der Waals surface area contributed by atoms with Crippen LogP contribution in [0.25, 0.3) is 0 Å². The molecule has 1 fully saturated rings. The van der Waals surface area contributed by atoms with Crippen LogP contribution in [0, 0.1) is 79.7 Å². The number of aryl methyl sites for hydroxylation is 12. The molecule has 0 unspecified atom stereocenters. The molecule has 0 aliphatic heterocycles. The zero-order valence-electron chi connectivity index (χ0n) is 70.9. The predicted molar refractivity (Wildman–Crippen MR) is 478 cm³/mol. The van der Waals surface area contributed by atoms with Crippen LogP contribution < -0.4 is 49.0 Å². The van der Waals surface area contributed by atoms with Gasteiger partial charge in [0.1, 0.15) is 61.8 Å². The molecule has 5 N–H and O–H groups in total. The van der Waals surface area contributed by atoms with E-state index in [2.05, 4.69) is 81.8 Å². The molecule has 5 amide bonds. The van der Waals surface area contributed by atoms with E-state index in [0.717, 1.165) is 120 Å². The number of hydrogen-bond donors (Lipinski definition) is 5. The van der Waals surface area contributed by atoms with Crippen LogP contribution in [0.1, 0.15) is 193 Å². The highest BCUT2D eigenvalue weighted by atomic mass is 127. The van der Waals surface area contributed by atoms with Gasteiger partial charge in [-0.1, -0.05) is 182 Å². The molecule has 0 saturated heterocycles. The molecule has 118 heavy (non-hydrogen) atoms. The van der Waals surface area contributed by atoms with E-state index in [1.165, 1.54) is 46.2 Å². The normalized spacial score (nSPS) is 11.2. The van der Waals surface area contributed by atoms with Gasteiger partial charge >= 0.3 is 0 Å². The largest absolute Gasteiger partial charge is 0.489 e. The Hall–Kier alpha value is -10.4. The van der Waals surface area contributed by atoms with Crippen LogP contribution in [0.15, 0.2) is 186 Å². The minimum absolute atomic E-state index is 0.226. The van der Waals surface area contributed by atoms with Crippen molar-refractivity contribution in [1.29, 1.82) is 0 Å². The standard InChI is InChI=1S/C21H25NO3.C20H25NO3.C19H23NO3.C18H20BrNO3.C18H20INO3/c1-4-21(23)22(24)19-9-8-17(16-6-7-16)12-18(19)13-25-20-10-5-14(2)11-15(20)3;1-5-16-8-9-18(21(23)20(22)6-2)17(12-16)13-24-19-10-7-14(3)11-15(19)4;1-5-19(21)20(22)17-8-6-14(3)11-16(17)12-23-18-9-7-13(2)10-15(18)4;2*1-4-18(21)20(22)16-7-6-15(19)10-14(16)11-23-17-8-5-12(2)9-13(17)3/h5,8-12,16,24H,4,6-7,13H2,1-3H3;7-12,23H,5-6,13H2,1-4H3;6-11,22H,5,12H2,1-4H3;2*5-10,22H,4,11H2,1-3H3. The molecule has 0 radical (unpaired) electrons. The maximum atomic E-state index is 11.9. The molecular formula is C96H113BrIN5O15. The van der Waals surface area contributed by atoms with Crippen molar-refractivity contribution < 1.29 is 73.7 Å². The minimum Gasteiger partial charge on any atom is -0.489 e. The lowest BCUT2D eigenvalue weighted by Crippen LogP contribution is -2.27. The van der Waals surface area contributed by atoms with Gasteiger partial charge in [-0.15, -0.1) is 0 Å². The van der Waals surface area contributed by atoms with Gasteiger partial charge in [-0.05, 0) is 254 Å². The summed E-state index contributed by atoms with van der Waals surface area (Å²) >= 11 is 5.61. The van der Waals surface area contributed by atoms with Crippen LogP contribution in [0.3, 0.4) is 0 Å². The van der Waals surface area contributed by atoms with Crippen LogP contribution in [-0.4, -0.2) is 55.6 Å². The van der Waals surface area contributed by atoms with Crippen molar-refractivity contribution in [3.05, 3.63) is 290 Å². The summed E-state index contributed by atoms with van der Waals surface area (Å²) in [6.07, 6.45) is 4.47. The summed E-state index contributed by atoms with van der Waals surface area (Å²) in [6, 6.07) is 57.9. The smallest absolute Gasteiger partial charge is 0.250 e. The Morgan fingerprint density at radius 1 is 0.322 bits per heavy atom. The lowest BCUT2D eigenvalue weighted by molar-refractivity contribution is -0.124. The number of carbonyl (C=O) groups is 5. The Morgan fingerprint density at radius 3 is 0.881 bits per heavy atom. The fourth-order valence-corrected chi connectivity index (χ4v) is 13.5. The molecule has 626 valence electrons. The molecule has 22 heteroatoms. The molecule has 0 aromatic heterocycles. The van der Waals surface area contributed by atoms with E-state index in [1.807, 2.05) is 191 Å². The van der Waals surface area contributed by atoms with Crippen molar-refractivity contribution in [2.75, 3.05) is 25.3 Å². The minimum atomic E-state index is -0.361. The number of benzene rings is 10. The van der Waals surface area contributed by atoms with E-state index in [9.17, 15) is 50.0 Å². The summed E-state index contributed by atoms with van der Waals surface area (Å²) in [5.41, 5.74) is 20.9. The van der Waals surface area contributed by atoms with E-state index in [1.54, 1.807) is 65.0 Å². The Bertz CT molecular complexity index is 4810. The van der Waals surface area contributed by atoms with Crippen LogP contribution >= 0.6 is 38.5 Å². The maximum absolute atomic E-state index is 11.9. The van der Waals surface area contributed by atoms with E-state index in [0.29, 0.717) is 62.8 Å². The lowest BCUT2D eigenvalue weighted by Gasteiger charge is -2.20. The molecule has 0 heterocycles. The van der Waals surface area contributed by atoms with E-state index >= 15 is 0 Å². The van der Waals surface area contributed by atoms with E-state index < -0.39 is 0 Å². The molecule has 0 bridgehead atoms. The van der Waals surface area contributed by atoms with Gasteiger partial charge in [0.15, 0.2) is 0 Å². The zero-order chi connectivity index (χ0) is 86.6. The Kier molecular flexibility index (Phi) is 37.0. The molecule has 1 aliphatic rings. The summed E-state index contributed by atoms with van der Waals surface area (Å²) in [5, 5.41) is 54.2. The topological polar surface area (TPSA) is 249 Å². The highest BCUT2D eigenvalue weighted by Crippen LogP contribution is 2.42. The van der Waals surface area contributed by atoms with Crippen molar-refractivity contribution in [2.45, 2.75) is 208 Å². The molecule has 1 aliphatic carbocycles. The predicted octanol–water partition coefficient (Wildman–Crippen LogP) is 23.2. The first-order valence-corrected chi connectivity index (χ1v) is 41.6. The lowest BCUT2D eigenvalue weighted by atomic mass is 10.0. The fraction of sp³-hybridized carbons (Fsp3) is 0.323. The number of hydrogen-bond acceptors (Lipinski definition) is 15. The average molecular weight is 1780 g/mol. The van der Waals surface area contributed by atoms with Crippen molar-refractivity contribution in [1.82, 2.24) is 0 Å². The Morgan fingerprint density at radius 2 is 0.576 bits per heavy atom. The van der Waals surface area contributed by atoms with Gasteiger partial charge in [-0.2, -0.15) is 25.3 Å². The second kappa shape index (κ2) is 46.1. The SMILES string of the molecule is CCC(=O)N(O)c1ccc(Br)cc1COc1ccc(C)cc1C.CCC(=O)N(O)c1ccc(C)cc1COc1ccc(C)cc1C.CCC(=O)N(O)c1ccc(C2CC2)cc1COc1ccc(C)cc1C.CCC(=O)N(O)c1ccc(CC)cc1COc1ccc(C)cc1C.CCC(=O)N(O)c1ccc(I)cc1COc1ccc(C)cc1C. The fourth-order valence-electron chi connectivity index (χ4n) is 12.6. The third-order valence-electron chi connectivity index (χ3n) is 19.4. The first-order valence-electron chi connectivity index (χ1n) is 39.7. The summed E-state index contributed by atoms with van der Waals surface area (Å²) in [4.78, 5) is 59.0. The monoisotopic (exact) mass is 1780 g/mol. The number of nitrogens with zero attached hydrogens (tertiary/aromatic N) is 5. The van der Waals surface area contributed by atoms with Gasteiger partial charge in [-0.3, -0.25) is 50.0 Å². The second-order valence-corrected chi connectivity index (χ2v) is 31.4. The van der Waals surface area contributed by atoms with Crippen molar-refractivity contribution in [2.24, 2.45) is 0 Å². The van der Waals surface area contributed by atoms with E-state index in [4.69, 9.17) is 23.7 Å².